The molecule has 0 bridgehead atoms. The zero-order valence-electron chi connectivity index (χ0n) is 23.7. The first-order valence-corrected chi connectivity index (χ1v) is 14.6. The van der Waals surface area contributed by atoms with Crippen molar-refractivity contribution in [1.29, 1.82) is 0 Å². The van der Waals surface area contributed by atoms with Crippen molar-refractivity contribution < 1.29 is 38.8 Å². The Labute approximate surface area is 224 Å². The molecule has 3 unspecified atom stereocenters. The van der Waals surface area contributed by atoms with Gasteiger partial charge in [-0.05, 0) is 19.3 Å². The van der Waals surface area contributed by atoms with Crippen LogP contribution < -0.4 is 0 Å². The van der Waals surface area contributed by atoms with Gasteiger partial charge in [0.05, 0.1) is 18.6 Å². The van der Waals surface area contributed by atoms with E-state index in [-0.39, 0.29) is 25.7 Å². The van der Waals surface area contributed by atoms with Gasteiger partial charge in [-0.2, -0.15) is 0 Å². The summed E-state index contributed by atoms with van der Waals surface area (Å²) in [5, 5.41) is 20.3. The Balaban J connectivity index is 3.70. The van der Waals surface area contributed by atoms with Gasteiger partial charge in [-0.15, -0.1) is 0 Å². The largest absolute Gasteiger partial charge is 0.462 e. The maximum absolute atomic E-state index is 11.9. The van der Waals surface area contributed by atoms with Gasteiger partial charge in [0.1, 0.15) is 13.2 Å². The van der Waals surface area contributed by atoms with E-state index in [9.17, 15) is 24.6 Å². The molecular formula is C29H54O8. The number of hydrogen-bond acceptors (Lipinski definition) is 8. The number of carbonyl (C=O) groups is 3. The molecule has 0 amide bonds. The van der Waals surface area contributed by atoms with E-state index in [1.165, 1.54) is 84.5 Å². The minimum atomic E-state index is -0.880. The first-order valence-electron chi connectivity index (χ1n) is 14.6. The molecule has 0 fully saturated rings. The lowest BCUT2D eigenvalue weighted by Crippen LogP contribution is -2.30. The van der Waals surface area contributed by atoms with E-state index in [0.717, 1.165) is 19.3 Å². The maximum atomic E-state index is 11.9. The molecule has 0 aliphatic heterocycles. The summed E-state index contributed by atoms with van der Waals surface area (Å²) < 4.78 is 14.8. The molecule has 8 heteroatoms. The number of unbranched alkanes of at least 4 members (excludes halogenated alkanes) is 12. The van der Waals surface area contributed by atoms with Crippen molar-refractivity contribution in [2.24, 2.45) is 0 Å². The lowest BCUT2D eigenvalue weighted by atomic mass is 10.0. The number of rotatable bonds is 25. The quantitative estimate of drug-likeness (QED) is 0.0865. The third-order valence-corrected chi connectivity index (χ3v) is 6.35. The van der Waals surface area contributed by atoms with E-state index in [0.29, 0.717) is 19.3 Å². The van der Waals surface area contributed by atoms with Gasteiger partial charge in [0.25, 0.3) is 0 Å². The second kappa shape index (κ2) is 24.7. The summed E-state index contributed by atoms with van der Waals surface area (Å²) in [6.45, 7) is 4.24. The highest BCUT2D eigenvalue weighted by Crippen LogP contribution is 2.15. The lowest BCUT2D eigenvalue weighted by Gasteiger charge is -2.17. The normalized spacial score (nSPS) is 13.5. The average Bonchev–Trinajstić information content (AvgIpc) is 2.83. The number of ether oxygens (including phenoxy) is 3. The van der Waals surface area contributed by atoms with Crippen LogP contribution in [0.25, 0.3) is 0 Å². The van der Waals surface area contributed by atoms with Gasteiger partial charge in [0.15, 0.2) is 6.10 Å². The van der Waals surface area contributed by atoms with Crippen molar-refractivity contribution in [3.05, 3.63) is 0 Å². The van der Waals surface area contributed by atoms with Crippen LogP contribution in [0.3, 0.4) is 0 Å². The Kier molecular flexibility index (Phi) is 23.5. The summed E-state index contributed by atoms with van der Waals surface area (Å²) in [6, 6.07) is 0. The van der Waals surface area contributed by atoms with Crippen LogP contribution in [0.15, 0.2) is 0 Å². The molecule has 37 heavy (non-hydrogen) atoms. The third kappa shape index (κ3) is 25.7. The minimum Gasteiger partial charge on any atom is -0.462 e. The van der Waals surface area contributed by atoms with Gasteiger partial charge >= 0.3 is 17.9 Å². The zero-order chi connectivity index (χ0) is 27.7. The highest BCUT2D eigenvalue weighted by atomic mass is 16.6. The molecule has 0 saturated carbocycles. The molecule has 0 radical (unpaired) electrons. The van der Waals surface area contributed by atoms with Crippen molar-refractivity contribution in [3.63, 3.8) is 0 Å². The van der Waals surface area contributed by atoms with E-state index >= 15 is 0 Å². The number of aliphatic hydroxyl groups excluding tert-OH is 2. The van der Waals surface area contributed by atoms with E-state index in [1.807, 2.05) is 0 Å². The average molecular weight is 531 g/mol. The molecular weight excluding hydrogens is 476 g/mol. The van der Waals surface area contributed by atoms with Crippen molar-refractivity contribution >= 4 is 17.9 Å². The first kappa shape index (κ1) is 35.3. The molecule has 0 aromatic rings. The molecule has 218 valence electrons. The molecule has 0 aliphatic carbocycles. The smallest absolute Gasteiger partial charge is 0.308 e. The lowest BCUT2D eigenvalue weighted by molar-refractivity contribution is -0.165. The van der Waals surface area contributed by atoms with Crippen molar-refractivity contribution in [2.75, 3.05) is 13.2 Å². The molecule has 0 aromatic heterocycles. The summed E-state index contributed by atoms with van der Waals surface area (Å²) in [5.41, 5.74) is 0. The SMILES string of the molecule is CCCCCCCCCCCCCCC(O)CCCCC(O)CC(=O)OCC(COC(C)=O)OC(C)=O. The van der Waals surface area contributed by atoms with Gasteiger partial charge in [0, 0.05) is 13.8 Å². The van der Waals surface area contributed by atoms with Gasteiger partial charge in [-0.25, -0.2) is 0 Å². The topological polar surface area (TPSA) is 119 Å². The Morgan fingerprint density at radius 2 is 1.03 bits per heavy atom. The van der Waals surface area contributed by atoms with Gasteiger partial charge in [0.2, 0.25) is 0 Å². The molecule has 2 N–H and O–H groups in total. The molecule has 0 aromatic carbocycles. The zero-order valence-corrected chi connectivity index (χ0v) is 23.7. The summed E-state index contributed by atoms with van der Waals surface area (Å²) >= 11 is 0. The molecule has 0 heterocycles. The monoisotopic (exact) mass is 530 g/mol. The minimum absolute atomic E-state index is 0.165. The molecule has 0 spiro atoms. The fraction of sp³-hybridized carbons (Fsp3) is 0.897. The van der Waals surface area contributed by atoms with Crippen molar-refractivity contribution in [3.8, 4) is 0 Å². The molecule has 0 aliphatic rings. The predicted octanol–water partition coefficient (Wildman–Crippen LogP) is 5.79. The van der Waals surface area contributed by atoms with E-state index in [1.54, 1.807) is 0 Å². The van der Waals surface area contributed by atoms with E-state index in [4.69, 9.17) is 14.2 Å². The van der Waals surface area contributed by atoms with Crippen LogP contribution >= 0.6 is 0 Å². The van der Waals surface area contributed by atoms with E-state index < -0.39 is 30.1 Å². The predicted molar refractivity (Wildman–Crippen MR) is 144 cm³/mol. The summed E-state index contributed by atoms with van der Waals surface area (Å²) in [5.74, 6) is -1.72. The second-order valence-electron chi connectivity index (χ2n) is 10.2. The van der Waals surface area contributed by atoms with Crippen LogP contribution in [0.1, 0.15) is 136 Å². The molecule has 8 nitrogen and oxygen atoms in total. The second-order valence-corrected chi connectivity index (χ2v) is 10.2. The van der Waals surface area contributed by atoms with Crippen LogP contribution in [-0.2, 0) is 28.6 Å². The van der Waals surface area contributed by atoms with Gasteiger partial charge in [-0.3, -0.25) is 14.4 Å². The summed E-state index contributed by atoms with van der Waals surface area (Å²) in [6.07, 6.45) is 16.9. The van der Waals surface area contributed by atoms with Crippen molar-refractivity contribution in [2.45, 2.75) is 155 Å². The fourth-order valence-electron chi connectivity index (χ4n) is 4.23. The fourth-order valence-corrected chi connectivity index (χ4v) is 4.23. The third-order valence-electron chi connectivity index (χ3n) is 6.35. The van der Waals surface area contributed by atoms with E-state index in [2.05, 4.69) is 6.92 Å². The number of hydrogen-bond donors (Lipinski definition) is 2. The van der Waals surface area contributed by atoms with Crippen LogP contribution in [0, 0.1) is 0 Å². The molecule has 0 saturated heterocycles. The highest BCUT2D eigenvalue weighted by molar-refractivity contribution is 5.70. The number of carbonyl (C=O) groups excluding carboxylic acids is 3. The number of esters is 3. The molecule has 3 atom stereocenters. The van der Waals surface area contributed by atoms with Crippen LogP contribution in [-0.4, -0.2) is 59.6 Å². The maximum Gasteiger partial charge on any atom is 0.308 e. The highest BCUT2D eigenvalue weighted by Gasteiger charge is 2.18. The standard InChI is InChI=1S/C29H54O8/c1-4-5-6-7-8-9-10-11-12-13-14-15-18-26(32)19-16-17-20-27(33)21-29(34)36-23-28(37-25(3)31)22-35-24(2)30/h26-28,32-33H,4-23H2,1-3H3. The van der Waals surface area contributed by atoms with Crippen LogP contribution in [0.5, 0.6) is 0 Å². The number of aliphatic hydroxyl groups is 2. The van der Waals surface area contributed by atoms with Crippen LogP contribution in [0.2, 0.25) is 0 Å². The Hall–Kier alpha value is -1.67. The Bertz CT molecular complexity index is 580. The Morgan fingerprint density at radius 1 is 0.595 bits per heavy atom. The summed E-state index contributed by atoms with van der Waals surface area (Å²) in [4.78, 5) is 34.0. The first-order chi connectivity index (χ1) is 17.7. The van der Waals surface area contributed by atoms with Crippen LogP contribution in [0.4, 0.5) is 0 Å². The molecule has 0 rings (SSSR count). The Morgan fingerprint density at radius 3 is 1.51 bits per heavy atom. The summed E-state index contributed by atoms with van der Waals surface area (Å²) in [7, 11) is 0. The van der Waals surface area contributed by atoms with Gasteiger partial charge in [-0.1, -0.05) is 96.8 Å². The van der Waals surface area contributed by atoms with Gasteiger partial charge < -0.3 is 24.4 Å². The van der Waals surface area contributed by atoms with Crippen molar-refractivity contribution in [1.82, 2.24) is 0 Å².